The molecular formula is C19H22ClN2O4+. The zero-order chi connectivity index (χ0) is 19.1. The van der Waals surface area contributed by atoms with Crippen LogP contribution < -0.4 is 15.0 Å². The second-order valence-corrected chi connectivity index (χ2v) is 6.32. The molecule has 0 aliphatic heterocycles. The maximum atomic E-state index is 12.2. The van der Waals surface area contributed by atoms with Crippen molar-refractivity contribution in [1.29, 1.82) is 0 Å². The lowest BCUT2D eigenvalue weighted by Crippen LogP contribution is -3.08. The zero-order valence-electron chi connectivity index (χ0n) is 15.0. The van der Waals surface area contributed by atoms with E-state index >= 15 is 0 Å². The number of ether oxygens (including phenoxy) is 2. The van der Waals surface area contributed by atoms with Crippen LogP contribution in [0.15, 0.2) is 42.5 Å². The molecule has 7 heteroatoms. The minimum atomic E-state index is -0.414. The van der Waals surface area contributed by atoms with E-state index in [9.17, 15) is 9.59 Å². The molecule has 0 bridgehead atoms. The van der Waals surface area contributed by atoms with Crippen molar-refractivity contribution < 1.29 is 24.0 Å². The fourth-order valence-corrected chi connectivity index (χ4v) is 2.75. The Morgan fingerprint density at radius 3 is 2.42 bits per heavy atom. The first kappa shape index (κ1) is 19.8. The van der Waals surface area contributed by atoms with Gasteiger partial charge in [0.25, 0.3) is 5.91 Å². The molecule has 1 amide bonds. The van der Waals surface area contributed by atoms with E-state index in [1.165, 1.54) is 7.11 Å². The third-order valence-electron chi connectivity index (χ3n) is 3.79. The highest BCUT2D eigenvalue weighted by molar-refractivity contribution is 6.30. The number of halogens is 1. The van der Waals surface area contributed by atoms with Gasteiger partial charge in [-0.15, -0.1) is 0 Å². The quantitative estimate of drug-likeness (QED) is 0.722. The average Bonchev–Trinajstić information content (AvgIpc) is 2.61. The third-order valence-corrected chi connectivity index (χ3v) is 4.02. The Kier molecular flexibility index (Phi) is 7.00. The van der Waals surface area contributed by atoms with Gasteiger partial charge in [0.2, 0.25) is 0 Å². The van der Waals surface area contributed by atoms with E-state index in [2.05, 4.69) is 10.1 Å². The molecule has 0 aliphatic rings. The summed E-state index contributed by atoms with van der Waals surface area (Å²) in [6.07, 6.45) is 0. The summed E-state index contributed by atoms with van der Waals surface area (Å²) in [5, 5.41) is 3.44. The summed E-state index contributed by atoms with van der Waals surface area (Å²) in [6, 6.07) is 12.0. The molecule has 0 saturated carbocycles. The number of quaternary nitrogens is 1. The standard InChI is InChI=1S/C19H21ClN2O4/c1-22(11-14-10-15(20)6-9-17(14)25-2)12-18(23)21-16-7-4-13(5-8-16)19(24)26-3/h4-10H,11-12H2,1-3H3,(H,21,23)/p+1. The number of esters is 1. The summed E-state index contributed by atoms with van der Waals surface area (Å²) < 4.78 is 9.98. The number of methoxy groups -OCH3 is 2. The van der Waals surface area contributed by atoms with Crippen molar-refractivity contribution in [1.82, 2.24) is 0 Å². The van der Waals surface area contributed by atoms with Crippen LogP contribution in [0.5, 0.6) is 5.75 Å². The van der Waals surface area contributed by atoms with Crippen LogP contribution in [-0.4, -0.2) is 39.7 Å². The number of carbonyl (C=O) groups excluding carboxylic acids is 2. The lowest BCUT2D eigenvalue weighted by Gasteiger charge is -2.16. The van der Waals surface area contributed by atoms with Crippen molar-refractivity contribution >= 4 is 29.2 Å². The number of carbonyl (C=O) groups is 2. The van der Waals surface area contributed by atoms with Gasteiger partial charge in [0.15, 0.2) is 6.54 Å². The number of likely N-dealkylation sites (N-methyl/N-ethyl adjacent to an activating group) is 1. The minimum Gasteiger partial charge on any atom is -0.496 e. The molecule has 0 aliphatic carbocycles. The average molecular weight is 378 g/mol. The van der Waals surface area contributed by atoms with Crippen LogP contribution in [0.25, 0.3) is 0 Å². The Labute approximate surface area is 157 Å². The summed E-state index contributed by atoms with van der Waals surface area (Å²) in [6.45, 7) is 0.868. The van der Waals surface area contributed by atoms with E-state index < -0.39 is 5.97 Å². The van der Waals surface area contributed by atoms with Crippen LogP contribution in [0.2, 0.25) is 5.02 Å². The van der Waals surface area contributed by atoms with Gasteiger partial charge in [-0.05, 0) is 42.5 Å². The van der Waals surface area contributed by atoms with Gasteiger partial charge < -0.3 is 19.7 Å². The summed E-state index contributed by atoms with van der Waals surface area (Å²) in [7, 11) is 4.85. The van der Waals surface area contributed by atoms with Crippen molar-refractivity contribution in [2.45, 2.75) is 6.54 Å². The van der Waals surface area contributed by atoms with Gasteiger partial charge >= 0.3 is 5.97 Å². The van der Waals surface area contributed by atoms with Gasteiger partial charge in [0.05, 0.1) is 26.8 Å². The van der Waals surface area contributed by atoms with Crippen LogP contribution in [0.4, 0.5) is 5.69 Å². The van der Waals surface area contributed by atoms with Gasteiger partial charge in [0, 0.05) is 16.3 Å². The molecule has 2 N–H and O–H groups in total. The highest BCUT2D eigenvalue weighted by Crippen LogP contribution is 2.21. The van der Waals surface area contributed by atoms with Gasteiger partial charge in [-0.2, -0.15) is 0 Å². The SMILES string of the molecule is COC(=O)c1ccc(NC(=O)C[NH+](C)Cc2cc(Cl)ccc2OC)cc1. The predicted octanol–water partition coefficient (Wildman–Crippen LogP) is 1.79. The smallest absolute Gasteiger partial charge is 0.337 e. The fourth-order valence-electron chi connectivity index (χ4n) is 2.56. The molecular weight excluding hydrogens is 356 g/mol. The number of hydrogen-bond acceptors (Lipinski definition) is 4. The van der Waals surface area contributed by atoms with Crippen molar-refractivity contribution in [2.75, 3.05) is 33.1 Å². The van der Waals surface area contributed by atoms with E-state index in [1.807, 2.05) is 19.2 Å². The third kappa shape index (κ3) is 5.47. The Bertz CT molecular complexity index is 778. The number of hydrogen-bond donors (Lipinski definition) is 2. The monoisotopic (exact) mass is 377 g/mol. The van der Waals surface area contributed by atoms with Crippen LogP contribution in [0.3, 0.4) is 0 Å². The molecule has 0 aromatic heterocycles. The van der Waals surface area contributed by atoms with E-state index in [0.717, 1.165) is 16.2 Å². The molecule has 1 unspecified atom stereocenters. The molecule has 0 saturated heterocycles. The molecule has 2 rings (SSSR count). The molecule has 1 atom stereocenters. The van der Waals surface area contributed by atoms with Crippen LogP contribution in [0.1, 0.15) is 15.9 Å². The van der Waals surface area contributed by atoms with Crippen molar-refractivity contribution in [3.63, 3.8) is 0 Å². The van der Waals surface area contributed by atoms with Crippen molar-refractivity contribution in [3.05, 3.63) is 58.6 Å². The number of anilines is 1. The van der Waals surface area contributed by atoms with E-state index in [-0.39, 0.29) is 12.5 Å². The minimum absolute atomic E-state index is 0.130. The molecule has 0 fully saturated rings. The van der Waals surface area contributed by atoms with Gasteiger partial charge in [-0.3, -0.25) is 4.79 Å². The number of benzene rings is 2. The van der Waals surface area contributed by atoms with E-state index in [4.69, 9.17) is 16.3 Å². The maximum absolute atomic E-state index is 12.2. The second-order valence-electron chi connectivity index (χ2n) is 5.88. The summed E-state index contributed by atoms with van der Waals surface area (Å²) in [4.78, 5) is 24.6. The Morgan fingerprint density at radius 2 is 1.81 bits per heavy atom. The number of nitrogens with one attached hydrogen (secondary N) is 2. The highest BCUT2D eigenvalue weighted by atomic mass is 35.5. The molecule has 0 spiro atoms. The molecule has 2 aromatic carbocycles. The van der Waals surface area contributed by atoms with E-state index in [1.54, 1.807) is 37.4 Å². The predicted molar refractivity (Wildman–Crippen MR) is 99.9 cm³/mol. The summed E-state index contributed by atoms with van der Waals surface area (Å²) in [5.41, 5.74) is 1.99. The molecule has 0 radical (unpaired) electrons. The first-order valence-electron chi connectivity index (χ1n) is 8.05. The van der Waals surface area contributed by atoms with Gasteiger partial charge in [0.1, 0.15) is 12.3 Å². The number of amides is 1. The lowest BCUT2D eigenvalue weighted by molar-refractivity contribution is -0.885. The molecule has 2 aromatic rings. The summed E-state index contributed by atoms with van der Waals surface area (Å²) >= 11 is 6.04. The largest absolute Gasteiger partial charge is 0.496 e. The molecule has 0 heterocycles. The van der Waals surface area contributed by atoms with Crippen molar-refractivity contribution in [3.8, 4) is 5.75 Å². The Balaban J connectivity index is 1.93. The van der Waals surface area contributed by atoms with Crippen LogP contribution in [-0.2, 0) is 16.1 Å². The first-order valence-corrected chi connectivity index (χ1v) is 8.42. The van der Waals surface area contributed by atoms with Crippen molar-refractivity contribution in [2.24, 2.45) is 0 Å². The Morgan fingerprint density at radius 1 is 1.12 bits per heavy atom. The topological polar surface area (TPSA) is 69.1 Å². The molecule has 26 heavy (non-hydrogen) atoms. The normalized spacial score (nSPS) is 11.5. The molecule has 6 nitrogen and oxygen atoms in total. The summed E-state index contributed by atoms with van der Waals surface area (Å²) in [5.74, 6) is 0.199. The first-order chi connectivity index (χ1) is 12.4. The maximum Gasteiger partial charge on any atom is 0.337 e. The van der Waals surface area contributed by atoms with Gasteiger partial charge in [-0.1, -0.05) is 11.6 Å². The van der Waals surface area contributed by atoms with Crippen LogP contribution >= 0.6 is 11.6 Å². The van der Waals surface area contributed by atoms with E-state index in [0.29, 0.717) is 22.8 Å². The lowest BCUT2D eigenvalue weighted by atomic mass is 10.2. The fraction of sp³-hybridized carbons (Fsp3) is 0.263. The molecule has 138 valence electrons. The van der Waals surface area contributed by atoms with Crippen LogP contribution in [0, 0.1) is 0 Å². The zero-order valence-corrected chi connectivity index (χ0v) is 15.7. The number of rotatable bonds is 7. The Hall–Kier alpha value is -2.57. The van der Waals surface area contributed by atoms with Gasteiger partial charge in [-0.25, -0.2) is 4.79 Å². The second kappa shape index (κ2) is 9.22. The highest BCUT2D eigenvalue weighted by Gasteiger charge is 2.14.